The summed E-state index contributed by atoms with van der Waals surface area (Å²) >= 11 is 0. The molecule has 1 aliphatic carbocycles. The highest BCUT2D eigenvalue weighted by Gasteiger charge is 2.28. The predicted octanol–water partition coefficient (Wildman–Crippen LogP) is 5.64. The summed E-state index contributed by atoms with van der Waals surface area (Å²) in [5.41, 5.74) is 0. The van der Waals surface area contributed by atoms with Crippen LogP contribution in [0.15, 0.2) is 0 Å². The molecule has 1 saturated carbocycles. The fraction of sp³-hybridized carbons (Fsp3) is 1.00. The fourth-order valence-corrected chi connectivity index (χ4v) is 3.81. The van der Waals surface area contributed by atoms with Gasteiger partial charge in [-0.2, -0.15) is 0 Å². The average molecular weight is 282 g/mol. The molecule has 20 heavy (non-hydrogen) atoms. The molecule has 0 radical (unpaired) electrons. The van der Waals surface area contributed by atoms with Gasteiger partial charge in [0.15, 0.2) is 0 Å². The van der Waals surface area contributed by atoms with Gasteiger partial charge >= 0.3 is 0 Å². The number of nitrogens with one attached hydrogen (secondary N) is 1. The molecular weight excluding hydrogens is 242 g/mol. The van der Waals surface area contributed by atoms with Crippen LogP contribution in [-0.4, -0.2) is 13.1 Å². The molecule has 1 nitrogen and oxygen atoms in total. The molecule has 0 amide bonds. The fourth-order valence-electron chi connectivity index (χ4n) is 3.81. The van der Waals surface area contributed by atoms with Crippen LogP contribution in [0.1, 0.15) is 85.5 Å². The van der Waals surface area contributed by atoms with Crippen molar-refractivity contribution in [2.24, 2.45) is 23.7 Å². The summed E-state index contributed by atoms with van der Waals surface area (Å²) in [5, 5.41) is 3.72. The highest BCUT2D eigenvalue weighted by Crippen LogP contribution is 2.38. The van der Waals surface area contributed by atoms with Gasteiger partial charge in [0.05, 0.1) is 0 Å². The number of hydrogen-bond donors (Lipinski definition) is 1. The smallest absolute Gasteiger partial charge is 0.00178 e. The molecule has 0 saturated heterocycles. The maximum absolute atomic E-state index is 3.72. The largest absolute Gasteiger partial charge is 0.316 e. The number of hydrogen-bond acceptors (Lipinski definition) is 1. The molecule has 3 unspecified atom stereocenters. The van der Waals surface area contributed by atoms with Crippen molar-refractivity contribution in [3.63, 3.8) is 0 Å². The second kappa shape index (κ2) is 10.7. The first-order chi connectivity index (χ1) is 9.67. The van der Waals surface area contributed by atoms with Crippen LogP contribution in [0.4, 0.5) is 0 Å². The molecule has 1 fully saturated rings. The van der Waals surface area contributed by atoms with Crippen LogP contribution in [0.3, 0.4) is 0 Å². The minimum atomic E-state index is 0.782. The van der Waals surface area contributed by atoms with Gasteiger partial charge in [-0.1, -0.05) is 72.6 Å². The topological polar surface area (TPSA) is 12.0 Å². The van der Waals surface area contributed by atoms with Crippen molar-refractivity contribution in [2.45, 2.75) is 85.5 Å². The molecule has 1 heteroatoms. The average Bonchev–Trinajstić information content (AvgIpc) is 2.44. The zero-order chi connectivity index (χ0) is 14.8. The lowest BCUT2D eigenvalue weighted by molar-refractivity contribution is 0.159. The van der Waals surface area contributed by atoms with Gasteiger partial charge < -0.3 is 5.32 Å². The van der Waals surface area contributed by atoms with Crippen LogP contribution in [0, 0.1) is 23.7 Å². The third-order valence-electron chi connectivity index (χ3n) is 5.21. The molecule has 1 N–H and O–H groups in total. The first kappa shape index (κ1) is 18.0. The minimum absolute atomic E-state index is 0.782. The van der Waals surface area contributed by atoms with E-state index < -0.39 is 0 Å². The van der Waals surface area contributed by atoms with E-state index in [1.54, 1.807) is 0 Å². The van der Waals surface area contributed by atoms with Crippen LogP contribution >= 0.6 is 0 Å². The summed E-state index contributed by atoms with van der Waals surface area (Å²) in [7, 11) is 0. The minimum Gasteiger partial charge on any atom is -0.316 e. The Hall–Kier alpha value is -0.0400. The van der Waals surface area contributed by atoms with Crippen molar-refractivity contribution < 1.29 is 0 Å². The van der Waals surface area contributed by atoms with Gasteiger partial charge in [0.1, 0.15) is 0 Å². The molecule has 0 bridgehead atoms. The standard InChI is InChI=1S/C19H39N/c1-5-7-8-9-10-18-13-17(6-2)11-12-19(18)15-20-14-16(3)4/h16-20H,5-15H2,1-4H3. The first-order valence-electron chi connectivity index (χ1n) is 9.38. The van der Waals surface area contributed by atoms with E-state index in [0.29, 0.717) is 0 Å². The lowest BCUT2D eigenvalue weighted by Crippen LogP contribution is -2.34. The van der Waals surface area contributed by atoms with Crippen molar-refractivity contribution in [3.05, 3.63) is 0 Å². The van der Waals surface area contributed by atoms with E-state index in [-0.39, 0.29) is 0 Å². The molecule has 0 aliphatic heterocycles. The van der Waals surface area contributed by atoms with E-state index in [1.165, 1.54) is 70.9 Å². The van der Waals surface area contributed by atoms with Crippen molar-refractivity contribution in [2.75, 3.05) is 13.1 Å². The third-order valence-corrected chi connectivity index (χ3v) is 5.21. The van der Waals surface area contributed by atoms with E-state index in [9.17, 15) is 0 Å². The van der Waals surface area contributed by atoms with E-state index in [1.807, 2.05) is 0 Å². The molecule has 0 heterocycles. The number of unbranched alkanes of at least 4 members (excludes halogenated alkanes) is 3. The van der Waals surface area contributed by atoms with E-state index >= 15 is 0 Å². The normalized spacial score (nSPS) is 27.1. The lowest BCUT2D eigenvalue weighted by Gasteiger charge is -2.36. The Bertz CT molecular complexity index is 224. The zero-order valence-electron chi connectivity index (χ0n) is 14.6. The van der Waals surface area contributed by atoms with Gasteiger partial charge in [-0.05, 0) is 49.6 Å². The summed E-state index contributed by atoms with van der Waals surface area (Å²) in [6.07, 6.45) is 13.1. The van der Waals surface area contributed by atoms with E-state index in [2.05, 4.69) is 33.0 Å². The lowest BCUT2D eigenvalue weighted by atomic mass is 9.71. The SMILES string of the molecule is CCCCCCC1CC(CC)CCC1CNCC(C)C. The Balaban J connectivity index is 2.34. The Kier molecular flexibility index (Phi) is 9.59. The van der Waals surface area contributed by atoms with Crippen LogP contribution < -0.4 is 5.32 Å². The molecule has 1 aliphatic rings. The van der Waals surface area contributed by atoms with Crippen molar-refractivity contribution in [1.29, 1.82) is 0 Å². The molecule has 0 aromatic heterocycles. The molecule has 0 aromatic carbocycles. The Morgan fingerprint density at radius 3 is 2.45 bits per heavy atom. The van der Waals surface area contributed by atoms with Crippen LogP contribution in [0.5, 0.6) is 0 Å². The third kappa shape index (κ3) is 7.11. The molecule has 0 aromatic rings. The summed E-state index contributed by atoms with van der Waals surface area (Å²) in [6, 6.07) is 0. The van der Waals surface area contributed by atoms with Gasteiger partial charge in [-0.15, -0.1) is 0 Å². The van der Waals surface area contributed by atoms with E-state index in [0.717, 1.165) is 23.7 Å². The maximum atomic E-state index is 3.72. The highest BCUT2D eigenvalue weighted by molar-refractivity contribution is 4.81. The Morgan fingerprint density at radius 1 is 1.00 bits per heavy atom. The van der Waals surface area contributed by atoms with Crippen LogP contribution in [0.2, 0.25) is 0 Å². The van der Waals surface area contributed by atoms with Gasteiger partial charge in [0.2, 0.25) is 0 Å². The van der Waals surface area contributed by atoms with Crippen molar-refractivity contribution >= 4 is 0 Å². The van der Waals surface area contributed by atoms with Gasteiger partial charge in [0, 0.05) is 0 Å². The summed E-state index contributed by atoms with van der Waals surface area (Å²) in [5.74, 6) is 3.76. The molecule has 120 valence electrons. The van der Waals surface area contributed by atoms with Gasteiger partial charge in [0.25, 0.3) is 0 Å². The molecule has 3 atom stereocenters. The van der Waals surface area contributed by atoms with Crippen molar-refractivity contribution in [3.8, 4) is 0 Å². The second-order valence-corrected chi connectivity index (χ2v) is 7.51. The predicted molar refractivity (Wildman–Crippen MR) is 91.1 cm³/mol. The van der Waals surface area contributed by atoms with Crippen molar-refractivity contribution in [1.82, 2.24) is 5.32 Å². The van der Waals surface area contributed by atoms with Gasteiger partial charge in [-0.25, -0.2) is 0 Å². The summed E-state index contributed by atoms with van der Waals surface area (Å²) < 4.78 is 0. The Morgan fingerprint density at radius 2 is 1.80 bits per heavy atom. The zero-order valence-corrected chi connectivity index (χ0v) is 14.6. The van der Waals surface area contributed by atoms with E-state index in [4.69, 9.17) is 0 Å². The van der Waals surface area contributed by atoms with Gasteiger partial charge in [-0.3, -0.25) is 0 Å². The monoisotopic (exact) mass is 281 g/mol. The number of rotatable bonds is 10. The summed E-state index contributed by atoms with van der Waals surface area (Å²) in [6.45, 7) is 11.8. The molecule has 0 spiro atoms. The Labute approximate surface area is 128 Å². The van der Waals surface area contributed by atoms with Crippen LogP contribution in [0.25, 0.3) is 0 Å². The molecule has 1 rings (SSSR count). The molecular formula is C19H39N. The highest BCUT2D eigenvalue weighted by atomic mass is 14.9. The quantitative estimate of drug-likeness (QED) is 0.511. The summed E-state index contributed by atoms with van der Waals surface area (Å²) in [4.78, 5) is 0. The first-order valence-corrected chi connectivity index (χ1v) is 9.38. The maximum Gasteiger partial charge on any atom is -0.00178 e. The second-order valence-electron chi connectivity index (χ2n) is 7.51. The van der Waals surface area contributed by atoms with Crippen LogP contribution in [-0.2, 0) is 0 Å².